The average molecular weight is 215 g/mol. The highest BCUT2D eigenvalue weighted by atomic mass is 19.1. The van der Waals surface area contributed by atoms with E-state index in [1.807, 2.05) is 6.92 Å². The first kappa shape index (κ1) is 11.9. The summed E-state index contributed by atoms with van der Waals surface area (Å²) in [5, 5.41) is 11.8. The zero-order valence-corrected chi connectivity index (χ0v) is 8.63. The van der Waals surface area contributed by atoms with Crippen LogP contribution in [-0.4, -0.2) is 18.3 Å². The van der Waals surface area contributed by atoms with Gasteiger partial charge in [0.05, 0.1) is 5.69 Å². The Hall–Kier alpha value is -1.16. The van der Waals surface area contributed by atoms with Gasteiger partial charge < -0.3 is 10.4 Å². The number of hydrogen-bond acceptors (Lipinski definition) is 2. The van der Waals surface area contributed by atoms with Gasteiger partial charge in [0, 0.05) is 19.2 Å². The molecular weight excluding hydrogens is 200 g/mol. The topological polar surface area (TPSA) is 32.3 Å². The van der Waals surface area contributed by atoms with E-state index >= 15 is 0 Å². The van der Waals surface area contributed by atoms with Crippen LogP contribution in [0.3, 0.4) is 0 Å². The van der Waals surface area contributed by atoms with E-state index in [1.165, 1.54) is 12.1 Å². The van der Waals surface area contributed by atoms with E-state index in [0.717, 1.165) is 12.5 Å². The second-order valence-electron chi connectivity index (χ2n) is 3.46. The molecule has 0 amide bonds. The Morgan fingerprint density at radius 1 is 1.40 bits per heavy atom. The molecule has 84 valence electrons. The fourth-order valence-corrected chi connectivity index (χ4v) is 1.23. The van der Waals surface area contributed by atoms with E-state index in [-0.39, 0.29) is 18.2 Å². The van der Waals surface area contributed by atoms with Crippen LogP contribution in [0.2, 0.25) is 0 Å². The molecule has 2 N–H and O–H groups in total. The summed E-state index contributed by atoms with van der Waals surface area (Å²) in [6.07, 6.45) is 0.812. The van der Waals surface area contributed by atoms with Crippen molar-refractivity contribution in [3.63, 3.8) is 0 Å². The first-order valence-electron chi connectivity index (χ1n) is 4.97. The Bertz CT molecular complexity index is 313. The molecule has 2 nitrogen and oxygen atoms in total. The molecule has 15 heavy (non-hydrogen) atoms. The predicted octanol–water partition coefficient (Wildman–Crippen LogP) is 2.40. The molecule has 0 aliphatic carbocycles. The molecule has 1 atom stereocenters. The van der Waals surface area contributed by atoms with E-state index in [9.17, 15) is 8.78 Å². The molecular formula is C11H15F2NO. The molecule has 0 fully saturated rings. The lowest BCUT2D eigenvalue weighted by Gasteiger charge is -2.13. The summed E-state index contributed by atoms with van der Waals surface area (Å²) >= 11 is 0. The quantitative estimate of drug-likeness (QED) is 0.790. The van der Waals surface area contributed by atoms with Crippen molar-refractivity contribution in [1.29, 1.82) is 0 Å². The second kappa shape index (κ2) is 5.66. The second-order valence-corrected chi connectivity index (χ2v) is 3.46. The normalized spacial score (nSPS) is 12.5. The highest BCUT2D eigenvalue weighted by molar-refractivity contribution is 5.44. The van der Waals surface area contributed by atoms with Crippen molar-refractivity contribution in [2.75, 3.05) is 18.5 Å². The van der Waals surface area contributed by atoms with Gasteiger partial charge in [-0.3, -0.25) is 0 Å². The van der Waals surface area contributed by atoms with Crippen LogP contribution in [0.15, 0.2) is 18.2 Å². The van der Waals surface area contributed by atoms with Crippen molar-refractivity contribution in [1.82, 2.24) is 0 Å². The number of hydrogen-bond donors (Lipinski definition) is 2. The van der Waals surface area contributed by atoms with Gasteiger partial charge in [-0.05, 0) is 24.5 Å². The van der Waals surface area contributed by atoms with Crippen molar-refractivity contribution in [3.8, 4) is 0 Å². The molecule has 1 rings (SSSR count). The minimum Gasteiger partial charge on any atom is -0.396 e. The lowest BCUT2D eigenvalue weighted by atomic mass is 10.1. The lowest BCUT2D eigenvalue weighted by Crippen LogP contribution is -2.17. The molecule has 0 radical (unpaired) electrons. The maximum atomic E-state index is 13.1. The average Bonchev–Trinajstić information content (AvgIpc) is 2.22. The van der Waals surface area contributed by atoms with Crippen LogP contribution in [0.4, 0.5) is 14.5 Å². The Kier molecular flexibility index (Phi) is 4.49. The number of aliphatic hydroxyl groups excluding tert-OH is 1. The van der Waals surface area contributed by atoms with Crippen molar-refractivity contribution >= 4 is 5.69 Å². The molecule has 1 aromatic rings. The standard InChI is InChI=1S/C11H15F2NO/c1-2-8(7-15)6-14-11-4-3-9(12)5-10(11)13/h3-5,8,14-15H,2,6-7H2,1H3. The lowest BCUT2D eigenvalue weighted by molar-refractivity contribution is 0.230. The molecule has 1 aromatic carbocycles. The van der Waals surface area contributed by atoms with E-state index in [1.54, 1.807) is 0 Å². The maximum absolute atomic E-state index is 13.1. The maximum Gasteiger partial charge on any atom is 0.149 e. The summed E-state index contributed by atoms with van der Waals surface area (Å²) in [6.45, 7) is 2.49. The summed E-state index contributed by atoms with van der Waals surface area (Å²) in [5.41, 5.74) is 0.267. The molecule has 0 spiro atoms. The molecule has 0 heterocycles. The van der Waals surface area contributed by atoms with Crippen LogP contribution >= 0.6 is 0 Å². The SMILES string of the molecule is CCC(CO)CNc1ccc(F)cc1F. The molecule has 0 bridgehead atoms. The molecule has 4 heteroatoms. The highest BCUT2D eigenvalue weighted by Crippen LogP contribution is 2.15. The van der Waals surface area contributed by atoms with Gasteiger partial charge in [-0.2, -0.15) is 0 Å². The van der Waals surface area contributed by atoms with Crippen LogP contribution in [0, 0.1) is 17.6 Å². The molecule has 0 aromatic heterocycles. The number of benzene rings is 1. The van der Waals surface area contributed by atoms with Crippen LogP contribution in [0.5, 0.6) is 0 Å². The number of aliphatic hydroxyl groups is 1. The highest BCUT2D eigenvalue weighted by Gasteiger charge is 2.07. The summed E-state index contributed by atoms with van der Waals surface area (Å²) in [6, 6.07) is 3.39. The van der Waals surface area contributed by atoms with Crippen molar-refractivity contribution in [2.45, 2.75) is 13.3 Å². The number of rotatable bonds is 5. The number of anilines is 1. The summed E-state index contributed by atoms with van der Waals surface area (Å²) in [4.78, 5) is 0. The third-order valence-electron chi connectivity index (χ3n) is 2.35. The third kappa shape index (κ3) is 3.47. The van der Waals surface area contributed by atoms with Crippen LogP contribution < -0.4 is 5.32 Å². The molecule has 0 aliphatic rings. The van der Waals surface area contributed by atoms with Gasteiger partial charge >= 0.3 is 0 Å². The van der Waals surface area contributed by atoms with E-state index in [4.69, 9.17) is 5.11 Å². The van der Waals surface area contributed by atoms with E-state index < -0.39 is 11.6 Å². The largest absolute Gasteiger partial charge is 0.396 e. The minimum absolute atomic E-state index is 0.0618. The van der Waals surface area contributed by atoms with Gasteiger partial charge in [0.15, 0.2) is 0 Å². The Labute approximate surface area is 87.9 Å². The van der Waals surface area contributed by atoms with Gasteiger partial charge in [-0.25, -0.2) is 8.78 Å². The smallest absolute Gasteiger partial charge is 0.149 e. The molecule has 0 saturated heterocycles. The predicted molar refractivity (Wildman–Crippen MR) is 55.7 cm³/mol. The number of nitrogens with one attached hydrogen (secondary N) is 1. The van der Waals surface area contributed by atoms with Crippen molar-refractivity contribution in [2.24, 2.45) is 5.92 Å². The zero-order valence-electron chi connectivity index (χ0n) is 8.63. The van der Waals surface area contributed by atoms with Gasteiger partial charge in [-0.1, -0.05) is 6.92 Å². The first-order chi connectivity index (χ1) is 7.17. The van der Waals surface area contributed by atoms with Gasteiger partial charge in [0.25, 0.3) is 0 Å². The van der Waals surface area contributed by atoms with Gasteiger partial charge in [0.2, 0.25) is 0 Å². The zero-order chi connectivity index (χ0) is 11.3. The minimum atomic E-state index is -0.609. The monoisotopic (exact) mass is 215 g/mol. The number of halogens is 2. The Morgan fingerprint density at radius 3 is 2.67 bits per heavy atom. The Balaban J connectivity index is 2.57. The summed E-state index contributed by atoms with van der Waals surface area (Å²) < 4.78 is 25.7. The molecule has 0 saturated carbocycles. The van der Waals surface area contributed by atoms with Crippen molar-refractivity contribution in [3.05, 3.63) is 29.8 Å². The van der Waals surface area contributed by atoms with Gasteiger partial charge in [-0.15, -0.1) is 0 Å². The van der Waals surface area contributed by atoms with Crippen molar-refractivity contribution < 1.29 is 13.9 Å². The first-order valence-corrected chi connectivity index (χ1v) is 4.97. The van der Waals surface area contributed by atoms with Crippen LogP contribution in [-0.2, 0) is 0 Å². The summed E-state index contributed by atoms with van der Waals surface area (Å²) in [5.74, 6) is -1.11. The van der Waals surface area contributed by atoms with Crippen LogP contribution in [0.1, 0.15) is 13.3 Å². The fourth-order valence-electron chi connectivity index (χ4n) is 1.23. The van der Waals surface area contributed by atoms with Crippen LogP contribution in [0.25, 0.3) is 0 Å². The molecule has 1 unspecified atom stereocenters. The Morgan fingerprint density at radius 2 is 2.13 bits per heavy atom. The summed E-state index contributed by atoms with van der Waals surface area (Å²) in [7, 11) is 0. The van der Waals surface area contributed by atoms with E-state index in [2.05, 4.69) is 5.32 Å². The van der Waals surface area contributed by atoms with E-state index in [0.29, 0.717) is 6.54 Å². The van der Waals surface area contributed by atoms with Gasteiger partial charge in [0.1, 0.15) is 11.6 Å². The third-order valence-corrected chi connectivity index (χ3v) is 2.35. The fraction of sp³-hybridized carbons (Fsp3) is 0.455. The molecule has 0 aliphatic heterocycles.